The van der Waals surface area contributed by atoms with Gasteiger partial charge in [-0.1, -0.05) is 6.07 Å². The van der Waals surface area contributed by atoms with Crippen LogP contribution < -0.4 is 4.72 Å². The summed E-state index contributed by atoms with van der Waals surface area (Å²) in [6, 6.07) is 10.0. The largest absolute Gasteiger partial charge is 0.265 e. The Balaban J connectivity index is 2.25. The molecule has 2 rings (SSSR count). The zero-order valence-electron chi connectivity index (χ0n) is 10.9. The molecule has 0 aliphatic rings. The van der Waals surface area contributed by atoms with Gasteiger partial charge in [-0.05, 0) is 42.3 Å². The summed E-state index contributed by atoms with van der Waals surface area (Å²) in [6.45, 7) is 1.88. The molecule has 0 saturated carbocycles. The van der Waals surface area contributed by atoms with Crippen molar-refractivity contribution in [1.29, 1.82) is 5.26 Å². The number of pyridine rings is 1. The third-order valence-electron chi connectivity index (χ3n) is 2.82. The lowest BCUT2D eigenvalue weighted by Crippen LogP contribution is -2.24. The van der Waals surface area contributed by atoms with Crippen molar-refractivity contribution < 1.29 is 8.42 Å². The average molecular weight is 287 g/mol. The van der Waals surface area contributed by atoms with Crippen molar-refractivity contribution in [2.75, 3.05) is 0 Å². The second kappa shape index (κ2) is 5.82. The van der Waals surface area contributed by atoms with E-state index in [1.807, 2.05) is 6.07 Å². The molecule has 2 aromatic rings. The molecule has 0 atom stereocenters. The molecule has 0 spiro atoms. The smallest absolute Gasteiger partial charge is 0.241 e. The van der Waals surface area contributed by atoms with E-state index < -0.39 is 10.0 Å². The molecule has 5 nitrogen and oxygen atoms in total. The predicted molar refractivity (Wildman–Crippen MR) is 74.2 cm³/mol. The van der Waals surface area contributed by atoms with E-state index in [-0.39, 0.29) is 11.4 Å². The van der Waals surface area contributed by atoms with Gasteiger partial charge in [0, 0.05) is 18.9 Å². The summed E-state index contributed by atoms with van der Waals surface area (Å²) in [4.78, 5) is 4.00. The molecular formula is C14H13N3O2S. The predicted octanol–water partition coefficient (Wildman–Crippen LogP) is 1.74. The van der Waals surface area contributed by atoms with Crippen LogP contribution in [0.3, 0.4) is 0 Å². The highest BCUT2D eigenvalue weighted by molar-refractivity contribution is 7.89. The number of benzene rings is 1. The van der Waals surface area contributed by atoms with Crippen LogP contribution in [0, 0.1) is 18.3 Å². The van der Waals surface area contributed by atoms with Gasteiger partial charge < -0.3 is 0 Å². The molecule has 0 fully saturated rings. The summed E-state index contributed by atoms with van der Waals surface area (Å²) in [7, 11) is -3.64. The first-order valence-electron chi connectivity index (χ1n) is 5.92. The number of hydrogen-bond acceptors (Lipinski definition) is 4. The van der Waals surface area contributed by atoms with E-state index in [0.29, 0.717) is 11.1 Å². The highest BCUT2D eigenvalue weighted by Crippen LogP contribution is 2.17. The average Bonchev–Trinajstić information content (AvgIpc) is 2.47. The van der Waals surface area contributed by atoms with E-state index in [4.69, 9.17) is 5.26 Å². The van der Waals surface area contributed by atoms with Gasteiger partial charge in [0.05, 0.1) is 16.5 Å². The highest BCUT2D eigenvalue weighted by atomic mass is 32.2. The summed E-state index contributed by atoms with van der Waals surface area (Å²) >= 11 is 0. The Hall–Kier alpha value is -2.23. The number of aromatic nitrogens is 1. The molecule has 1 heterocycles. The first-order valence-corrected chi connectivity index (χ1v) is 7.40. The third kappa shape index (κ3) is 3.20. The quantitative estimate of drug-likeness (QED) is 0.928. The molecule has 0 saturated heterocycles. The van der Waals surface area contributed by atoms with Crippen LogP contribution >= 0.6 is 0 Å². The first-order chi connectivity index (χ1) is 9.53. The van der Waals surface area contributed by atoms with Crippen molar-refractivity contribution in [3.63, 3.8) is 0 Å². The lowest BCUT2D eigenvalue weighted by molar-refractivity contribution is 0.580. The van der Waals surface area contributed by atoms with E-state index in [1.54, 1.807) is 43.6 Å². The molecule has 0 aliphatic heterocycles. The van der Waals surface area contributed by atoms with Crippen LogP contribution in [-0.2, 0) is 16.6 Å². The van der Waals surface area contributed by atoms with Crippen LogP contribution in [0.5, 0.6) is 0 Å². The Kier molecular flexibility index (Phi) is 4.13. The van der Waals surface area contributed by atoms with E-state index in [0.717, 1.165) is 5.56 Å². The molecule has 0 aliphatic carbocycles. The molecule has 1 aromatic heterocycles. The van der Waals surface area contributed by atoms with Gasteiger partial charge in [-0.2, -0.15) is 5.26 Å². The third-order valence-corrected chi connectivity index (χ3v) is 4.37. The Morgan fingerprint density at radius 3 is 2.60 bits per heavy atom. The standard InChI is InChI=1S/C14H13N3O2S/c1-11-2-3-13(9-15)8-14(11)20(18,19)17-10-12-4-6-16-7-5-12/h2-8,17H,10H2,1H3. The molecule has 0 amide bonds. The summed E-state index contributed by atoms with van der Waals surface area (Å²) in [5.41, 5.74) is 1.74. The van der Waals surface area contributed by atoms with Gasteiger partial charge in [0.1, 0.15) is 0 Å². The molecule has 6 heteroatoms. The summed E-state index contributed by atoms with van der Waals surface area (Å²) in [5.74, 6) is 0. The second-order valence-corrected chi connectivity index (χ2v) is 6.01. The fourth-order valence-corrected chi connectivity index (χ4v) is 3.00. The van der Waals surface area contributed by atoms with E-state index in [9.17, 15) is 8.42 Å². The minimum absolute atomic E-state index is 0.130. The molecule has 1 N–H and O–H groups in total. The number of nitrogens with zero attached hydrogens (tertiary/aromatic N) is 2. The Labute approximate surface area is 118 Å². The van der Waals surface area contributed by atoms with Crippen LogP contribution in [0.4, 0.5) is 0 Å². The van der Waals surface area contributed by atoms with Gasteiger partial charge in [0.25, 0.3) is 0 Å². The number of nitriles is 1. The minimum atomic E-state index is -3.64. The fourth-order valence-electron chi connectivity index (χ4n) is 1.72. The van der Waals surface area contributed by atoms with Gasteiger partial charge in [-0.15, -0.1) is 0 Å². The van der Waals surface area contributed by atoms with Gasteiger partial charge >= 0.3 is 0 Å². The van der Waals surface area contributed by atoms with Crippen molar-refractivity contribution in [3.05, 3.63) is 59.4 Å². The van der Waals surface area contributed by atoms with Crippen LogP contribution in [0.25, 0.3) is 0 Å². The molecule has 0 radical (unpaired) electrons. The number of nitrogens with one attached hydrogen (secondary N) is 1. The summed E-state index contributed by atoms with van der Waals surface area (Å²) in [5, 5.41) is 8.85. The summed E-state index contributed by atoms with van der Waals surface area (Å²) < 4.78 is 27.0. The SMILES string of the molecule is Cc1ccc(C#N)cc1S(=O)(=O)NCc1ccncc1. The fraction of sp³-hybridized carbons (Fsp3) is 0.143. The van der Waals surface area contributed by atoms with Gasteiger partial charge in [0.15, 0.2) is 0 Å². The van der Waals surface area contributed by atoms with Gasteiger partial charge in [-0.3, -0.25) is 4.98 Å². The Bertz CT molecular complexity index is 750. The minimum Gasteiger partial charge on any atom is -0.265 e. The zero-order valence-corrected chi connectivity index (χ0v) is 11.7. The van der Waals surface area contributed by atoms with Crippen molar-refractivity contribution in [2.45, 2.75) is 18.4 Å². The van der Waals surface area contributed by atoms with Crippen LogP contribution in [0.15, 0.2) is 47.6 Å². The van der Waals surface area contributed by atoms with E-state index in [1.165, 1.54) is 6.07 Å². The molecule has 0 bridgehead atoms. The number of sulfonamides is 1. The van der Waals surface area contributed by atoms with Crippen molar-refractivity contribution in [1.82, 2.24) is 9.71 Å². The van der Waals surface area contributed by atoms with Gasteiger partial charge in [0.2, 0.25) is 10.0 Å². The first kappa shape index (κ1) is 14.2. The molecule has 0 unspecified atom stereocenters. The molecule has 20 heavy (non-hydrogen) atoms. The Morgan fingerprint density at radius 2 is 1.95 bits per heavy atom. The lowest BCUT2D eigenvalue weighted by atomic mass is 10.2. The maximum Gasteiger partial charge on any atom is 0.241 e. The van der Waals surface area contributed by atoms with E-state index in [2.05, 4.69) is 9.71 Å². The zero-order chi connectivity index (χ0) is 14.6. The topological polar surface area (TPSA) is 82.8 Å². The maximum atomic E-state index is 12.3. The van der Waals surface area contributed by atoms with E-state index >= 15 is 0 Å². The van der Waals surface area contributed by atoms with Crippen LogP contribution in [0.1, 0.15) is 16.7 Å². The lowest BCUT2D eigenvalue weighted by Gasteiger charge is -2.09. The van der Waals surface area contributed by atoms with Crippen molar-refractivity contribution in [3.8, 4) is 6.07 Å². The number of hydrogen-bond donors (Lipinski definition) is 1. The number of rotatable bonds is 4. The molecule has 1 aromatic carbocycles. The molecule has 102 valence electrons. The van der Waals surface area contributed by atoms with Crippen molar-refractivity contribution in [2.24, 2.45) is 0 Å². The van der Waals surface area contributed by atoms with Gasteiger partial charge in [-0.25, -0.2) is 13.1 Å². The second-order valence-electron chi connectivity index (χ2n) is 4.27. The van der Waals surface area contributed by atoms with Crippen LogP contribution in [0.2, 0.25) is 0 Å². The van der Waals surface area contributed by atoms with Crippen LogP contribution in [-0.4, -0.2) is 13.4 Å². The number of aryl methyl sites for hydroxylation is 1. The highest BCUT2D eigenvalue weighted by Gasteiger charge is 2.17. The summed E-state index contributed by atoms with van der Waals surface area (Å²) in [6.07, 6.45) is 3.20. The monoisotopic (exact) mass is 287 g/mol. The normalized spacial score (nSPS) is 11.0. The Morgan fingerprint density at radius 1 is 1.25 bits per heavy atom. The maximum absolute atomic E-state index is 12.3. The van der Waals surface area contributed by atoms with Crippen molar-refractivity contribution >= 4 is 10.0 Å². The molecular weight excluding hydrogens is 274 g/mol.